The Morgan fingerprint density at radius 2 is 1.57 bits per heavy atom. The Kier molecular flexibility index (Phi) is 7.60. The minimum absolute atomic E-state index is 0.0926. The van der Waals surface area contributed by atoms with Crippen molar-refractivity contribution in [3.05, 3.63) is 59.2 Å². The standard InChI is InChI=1S/C24H32N4O2/c1-18-7-6-8-22(19(18)2)26-24(30)17-27(3)16-23(29)25-21-11-9-20(10-12-21)15-28-13-4-5-14-28/h6-12H,4-5,13-17H2,1-3H3,(H,25,29)(H,26,30)/p+2. The first kappa shape index (κ1) is 22.0. The summed E-state index contributed by atoms with van der Waals surface area (Å²) in [5.74, 6) is -0.187. The third-order valence-electron chi connectivity index (χ3n) is 5.81. The number of quaternary nitrogens is 2. The van der Waals surface area contributed by atoms with Crippen molar-refractivity contribution in [2.45, 2.75) is 33.2 Å². The largest absolute Gasteiger partial charge is 0.331 e. The lowest BCUT2D eigenvalue weighted by Gasteiger charge is -2.15. The molecule has 0 radical (unpaired) electrons. The fourth-order valence-corrected chi connectivity index (χ4v) is 3.94. The van der Waals surface area contributed by atoms with E-state index in [4.69, 9.17) is 0 Å². The number of hydrogen-bond acceptors (Lipinski definition) is 2. The summed E-state index contributed by atoms with van der Waals surface area (Å²) in [6.07, 6.45) is 2.64. The van der Waals surface area contributed by atoms with Gasteiger partial charge in [-0.1, -0.05) is 24.3 Å². The van der Waals surface area contributed by atoms with Crippen LogP contribution in [0.25, 0.3) is 0 Å². The first-order valence-electron chi connectivity index (χ1n) is 10.8. The second-order valence-electron chi connectivity index (χ2n) is 8.49. The summed E-state index contributed by atoms with van der Waals surface area (Å²) in [5.41, 5.74) is 5.13. The van der Waals surface area contributed by atoms with Gasteiger partial charge in [-0.2, -0.15) is 0 Å². The molecule has 0 spiro atoms. The predicted octanol–water partition coefficient (Wildman–Crippen LogP) is 0.574. The molecule has 2 amide bonds. The number of likely N-dealkylation sites (N-methyl/N-ethyl adjacent to an activating group) is 1. The zero-order valence-electron chi connectivity index (χ0n) is 18.3. The van der Waals surface area contributed by atoms with Crippen LogP contribution >= 0.6 is 0 Å². The van der Waals surface area contributed by atoms with E-state index in [2.05, 4.69) is 22.8 Å². The lowest BCUT2D eigenvalue weighted by molar-refractivity contribution is -0.901. The van der Waals surface area contributed by atoms with Crippen LogP contribution in [0.2, 0.25) is 0 Å². The highest BCUT2D eigenvalue weighted by Gasteiger charge is 2.17. The van der Waals surface area contributed by atoms with Crippen LogP contribution in [0.3, 0.4) is 0 Å². The fraction of sp³-hybridized carbons (Fsp3) is 0.417. The number of rotatable bonds is 8. The molecule has 1 saturated heterocycles. The van der Waals surface area contributed by atoms with E-state index in [1.165, 1.54) is 31.5 Å². The van der Waals surface area contributed by atoms with Gasteiger partial charge in [-0.15, -0.1) is 0 Å². The first-order valence-corrected chi connectivity index (χ1v) is 10.8. The van der Waals surface area contributed by atoms with E-state index in [1.54, 1.807) is 4.90 Å². The zero-order chi connectivity index (χ0) is 21.5. The fourth-order valence-electron chi connectivity index (χ4n) is 3.94. The van der Waals surface area contributed by atoms with Gasteiger partial charge in [0, 0.05) is 29.8 Å². The van der Waals surface area contributed by atoms with E-state index < -0.39 is 0 Å². The molecule has 1 fully saturated rings. The predicted molar refractivity (Wildman–Crippen MR) is 120 cm³/mol. The Morgan fingerprint density at radius 1 is 0.933 bits per heavy atom. The van der Waals surface area contributed by atoms with Crippen LogP contribution in [0.1, 0.15) is 29.5 Å². The highest BCUT2D eigenvalue weighted by molar-refractivity contribution is 5.93. The second-order valence-corrected chi connectivity index (χ2v) is 8.49. The third-order valence-corrected chi connectivity index (χ3v) is 5.81. The van der Waals surface area contributed by atoms with Crippen molar-refractivity contribution >= 4 is 23.2 Å². The van der Waals surface area contributed by atoms with Gasteiger partial charge in [0.25, 0.3) is 11.8 Å². The highest BCUT2D eigenvalue weighted by Crippen LogP contribution is 2.17. The molecule has 0 bridgehead atoms. The van der Waals surface area contributed by atoms with Crippen LogP contribution in [-0.2, 0) is 16.1 Å². The Bertz CT molecular complexity index is 873. The molecule has 2 aromatic rings. The average Bonchev–Trinajstić information content (AvgIpc) is 3.20. The lowest BCUT2D eigenvalue weighted by atomic mass is 10.1. The van der Waals surface area contributed by atoms with Crippen LogP contribution in [-0.4, -0.2) is 45.0 Å². The molecule has 0 aliphatic carbocycles. The Morgan fingerprint density at radius 3 is 2.23 bits per heavy atom. The van der Waals surface area contributed by atoms with Gasteiger partial charge in [-0.3, -0.25) is 9.59 Å². The van der Waals surface area contributed by atoms with Crippen molar-refractivity contribution in [2.75, 3.05) is 43.9 Å². The van der Waals surface area contributed by atoms with E-state index in [9.17, 15) is 9.59 Å². The molecule has 0 aromatic heterocycles. The summed E-state index contributed by atoms with van der Waals surface area (Å²) in [6.45, 7) is 8.05. The normalized spacial score (nSPS) is 15.0. The molecule has 4 N–H and O–H groups in total. The summed E-state index contributed by atoms with van der Waals surface area (Å²) >= 11 is 0. The van der Waals surface area contributed by atoms with Gasteiger partial charge >= 0.3 is 0 Å². The first-order chi connectivity index (χ1) is 14.4. The zero-order valence-corrected chi connectivity index (χ0v) is 18.3. The van der Waals surface area contributed by atoms with Gasteiger partial charge in [-0.25, -0.2) is 0 Å². The molecular formula is C24H34N4O2+2. The van der Waals surface area contributed by atoms with Crippen LogP contribution in [0, 0.1) is 13.8 Å². The molecule has 1 heterocycles. The van der Waals surface area contributed by atoms with E-state index in [1.807, 2.05) is 51.2 Å². The summed E-state index contributed by atoms with van der Waals surface area (Å²) in [4.78, 5) is 27.2. The molecule has 6 heteroatoms. The summed E-state index contributed by atoms with van der Waals surface area (Å²) in [7, 11) is 1.85. The van der Waals surface area contributed by atoms with Gasteiger partial charge in [0.05, 0.1) is 20.1 Å². The third kappa shape index (κ3) is 6.40. The molecule has 3 rings (SSSR count). The molecular weight excluding hydrogens is 376 g/mol. The molecule has 1 aliphatic rings. The SMILES string of the molecule is Cc1cccc(NC(=O)C[NH+](C)CC(=O)Nc2ccc(C[NH+]3CCCC3)cc2)c1C. The molecule has 160 valence electrons. The number of hydrogen-bond donors (Lipinski definition) is 4. The number of aryl methyl sites for hydroxylation is 1. The topological polar surface area (TPSA) is 67.1 Å². The van der Waals surface area contributed by atoms with Gasteiger partial charge < -0.3 is 20.4 Å². The minimum Gasteiger partial charge on any atom is -0.331 e. The number of likely N-dealkylation sites (tertiary alicyclic amines) is 1. The number of benzene rings is 2. The minimum atomic E-state index is -0.0947. The van der Waals surface area contributed by atoms with Gasteiger partial charge in [-0.05, 0) is 43.2 Å². The van der Waals surface area contributed by atoms with Crippen molar-refractivity contribution in [1.29, 1.82) is 0 Å². The number of carbonyl (C=O) groups is 2. The van der Waals surface area contributed by atoms with E-state index >= 15 is 0 Å². The van der Waals surface area contributed by atoms with Gasteiger partial charge in [0.15, 0.2) is 13.1 Å². The van der Waals surface area contributed by atoms with Crippen LogP contribution in [0.4, 0.5) is 11.4 Å². The smallest absolute Gasteiger partial charge is 0.279 e. The summed E-state index contributed by atoms with van der Waals surface area (Å²) < 4.78 is 0. The maximum atomic E-state index is 12.4. The van der Waals surface area contributed by atoms with E-state index in [0.717, 1.165) is 33.9 Å². The summed E-state index contributed by atoms with van der Waals surface area (Å²) in [5, 5.41) is 5.88. The molecule has 2 aromatic carbocycles. The van der Waals surface area contributed by atoms with Crippen molar-refractivity contribution in [3.8, 4) is 0 Å². The Balaban J connectivity index is 1.43. The number of anilines is 2. The van der Waals surface area contributed by atoms with Crippen LogP contribution < -0.4 is 20.4 Å². The second kappa shape index (κ2) is 10.4. The van der Waals surface area contributed by atoms with Crippen molar-refractivity contribution < 1.29 is 19.4 Å². The highest BCUT2D eigenvalue weighted by atomic mass is 16.2. The maximum Gasteiger partial charge on any atom is 0.279 e. The van der Waals surface area contributed by atoms with Crippen molar-refractivity contribution in [1.82, 2.24) is 0 Å². The number of nitrogens with one attached hydrogen (secondary N) is 4. The van der Waals surface area contributed by atoms with Crippen LogP contribution in [0.15, 0.2) is 42.5 Å². The quantitative estimate of drug-likeness (QED) is 0.514. The molecule has 1 unspecified atom stereocenters. The van der Waals surface area contributed by atoms with Gasteiger partial charge in [0.2, 0.25) is 0 Å². The number of carbonyl (C=O) groups excluding carboxylic acids is 2. The molecule has 6 nitrogen and oxygen atoms in total. The van der Waals surface area contributed by atoms with E-state index in [-0.39, 0.29) is 24.9 Å². The van der Waals surface area contributed by atoms with Crippen molar-refractivity contribution in [3.63, 3.8) is 0 Å². The number of amides is 2. The monoisotopic (exact) mass is 410 g/mol. The lowest BCUT2D eigenvalue weighted by Crippen LogP contribution is -3.11. The molecule has 1 atom stereocenters. The molecule has 1 aliphatic heterocycles. The maximum absolute atomic E-state index is 12.4. The summed E-state index contributed by atoms with van der Waals surface area (Å²) in [6, 6.07) is 14.0. The molecule has 0 saturated carbocycles. The Hall–Kier alpha value is -2.70. The molecule has 30 heavy (non-hydrogen) atoms. The van der Waals surface area contributed by atoms with Crippen LogP contribution in [0.5, 0.6) is 0 Å². The van der Waals surface area contributed by atoms with Gasteiger partial charge in [0.1, 0.15) is 6.54 Å². The average molecular weight is 411 g/mol. The van der Waals surface area contributed by atoms with Crippen molar-refractivity contribution in [2.24, 2.45) is 0 Å². The Labute approximate surface area is 179 Å². The van der Waals surface area contributed by atoms with E-state index in [0.29, 0.717) is 0 Å².